The second-order valence-electron chi connectivity index (χ2n) is 9.19. The van der Waals surface area contributed by atoms with Crippen molar-refractivity contribution in [2.75, 3.05) is 51.2 Å². The van der Waals surface area contributed by atoms with Gasteiger partial charge in [-0.1, -0.05) is 24.3 Å². The van der Waals surface area contributed by atoms with Crippen LogP contribution in [0.1, 0.15) is 24.4 Å². The number of anilines is 1. The fraction of sp³-hybridized carbons (Fsp3) is 0.423. The Balaban J connectivity index is 1.39. The molecule has 1 saturated heterocycles. The van der Waals surface area contributed by atoms with E-state index in [0.29, 0.717) is 13.1 Å². The van der Waals surface area contributed by atoms with Crippen LogP contribution < -0.4 is 10.6 Å². The van der Waals surface area contributed by atoms with Gasteiger partial charge in [-0.25, -0.2) is 9.97 Å². The molecular formula is C26H34N8. The predicted molar refractivity (Wildman–Crippen MR) is 138 cm³/mol. The van der Waals surface area contributed by atoms with E-state index >= 15 is 0 Å². The summed E-state index contributed by atoms with van der Waals surface area (Å²) < 4.78 is 0. The number of hydrogen-bond donors (Lipinski definition) is 2. The van der Waals surface area contributed by atoms with Gasteiger partial charge in [0, 0.05) is 50.5 Å². The Hall–Kier alpha value is -3.07. The van der Waals surface area contributed by atoms with Crippen LogP contribution in [0.5, 0.6) is 0 Å². The number of nitrogens with two attached hydrogens (primary N) is 1. The number of nitrogens with one attached hydrogen (secondary N) is 1. The number of piperazine rings is 1. The molecule has 1 aromatic carbocycles. The van der Waals surface area contributed by atoms with Crippen molar-refractivity contribution in [1.29, 1.82) is 0 Å². The van der Waals surface area contributed by atoms with Crippen LogP contribution in [0.2, 0.25) is 0 Å². The van der Waals surface area contributed by atoms with E-state index < -0.39 is 0 Å². The van der Waals surface area contributed by atoms with Crippen LogP contribution in [-0.4, -0.2) is 76.1 Å². The van der Waals surface area contributed by atoms with Gasteiger partial charge in [-0.15, -0.1) is 0 Å². The lowest BCUT2D eigenvalue weighted by Gasteiger charge is -2.34. The zero-order valence-corrected chi connectivity index (χ0v) is 20.0. The maximum atomic E-state index is 5.78. The number of hydrogen-bond acceptors (Lipinski definition) is 7. The number of benzene rings is 1. The first-order valence-electron chi connectivity index (χ1n) is 12.2. The first-order chi connectivity index (χ1) is 16.7. The number of aromatic amines is 1. The lowest BCUT2D eigenvalue weighted by atomic mass is 10.1. The molecule has 0 atom stereocenters. The molecule has 1 aliphatic heterocycles. The molecule has 0 amide bonds. The van der Waals surface area contributed by atoms with Gasteiger partial charge in [-0.2, -0.15) is 0 Å². The van der Waals surface area contributed by atoms with Gasteiger partial charge in [0.25, 0.3) is 0 Å². The second kappa shape index (κ2) is 10.5. The summed E-state index contributed by atoms with van der Waals surface area (Å²) in [6.45, 7) is 7.30. The van der Waals surface area contributed by atoms with E-state index in [4.69, 9.17) is 15.7 Å². The Bertz CT molecular complexity index is 1220. The fourth-order valence-electron chi connectivity index (χ4n) is 4.76. The highest BCUT2D eigenvalue weighted by molar-refractivity contribution is 5.86. The Labute approximate surface area is 200 Å². The third kappa shape index (κ3) is 5.04. The molecule has 4 aromatic rings. The topological polar surface area (TPSA) is 90.2 Å². The Kier molecular flexibility index (Phi) is 6.99. The van der Waals surface area contributed by atoms with Crippen LogP contribution in [0.4, 0.5) is 5.69 Å². The summed E-state index contributed by atoms with van der Waals surface area (Å²) in [4.78, 5) is 25.0. The number of pyridine rings is 2. The van der Waals surface area contributed by atoms with Crippen molar-refractivity contribution in [1.82, 2.24) is 29.7 Å². The zero-order chi connectivity index (χ0) is 23.3. The zero-order valence-electron chi connectivity index (χ0n) is 20.0. The van der Waals surface area contributed by atoms with Crippen LogP contribution in [0.25, 0.3) is 21.9 Å². The van der Waals surface area contributed by atoms with Gasteiger partial charge in [0.1, 0.15) is 11.3 Å². The van der Waals surface area contributed by atoms with E-state index in [-0.39, 0.29) is 0 Å². The number of aromatic nitrogens is 4. The van der Waals surface area contributed by atoms with Gasteiger partial charge >= 0.3 is 0 Å². The molecule has 5 rings (SSSR count). The van der Waals surface area contributed by atoms with E-state index in [1.165, 1.54) is 16.5 Å². The Morgan fingerprint density at radius 1 is 0.971 bits per heavy atom. The smallest absolute Gasteiger partial charge is 0.179 e. The second-order valence-corrected chi connectivity index (χ2v) is 9.19. The van der Waals surface area contributed by atoms with Gasteiger partial charge < -0.3 is 20.5 Å². The first-order valence-corrected chi connectivity index (χ1v) is 12.2. The molecule has 1 fully saturated rings. The minimum absolute atomic E-state index is 0.712. The van der Waals surface area contributed by atoms with Crippen molar-refractivity contribution in [2.24, 2.45) is 5.73 Å². The van der Waals surface area contributed by atoms with Crippen molar-refractivity contribution in [2.45, 2.75) is 25.9 Å². The lowest BCUT2D eigenvalue weighted by molar-refractivity contribution is 0.244. The molecular weight excluding hydrogens is 424 g/mol. The number of likely N-dealkylation sites (N-methyl/N-ethyl adjacent to an activating group) is 1. The first kappa shape index (κ1) is 22.7. The lowest BCUT2D eigenvalue weighted by Crippen LogP contribution is -2.44. The summed E-state index contributed by atoms with van der Waals surface area (Å²) in [5, 5.41) is 2.43. The summed E-state index contributed by atoms with van der Waals surface area (Å²) in [7, 11) is 2.18. The molecule has 4 heterocycles. The van der Waals surface area contributed by atoms with Crippen molar-refractivity contribution in [3.05, 3.63) is 60.3 Å². The highest BCUT2D eigenvalue weighted by Crippen LogP contribution is 2.25. The number of fused-ring (bicyclic) bond motifs is 2. The molecule has 0 unspecified atom stereocenters. The van der Waals surface area contributed by atoms with Crippen LogP contribution in [-0.2, 0) is 13.1 Å². The molecule has 3 aromatic heterocycles. The number of nitrogens with zero attached hydrogens (tertiary/aromatic N) is 6. The van der Waals surface area contributed by atoms with Gasteiger partial charge in [-0.05, 0) is 50.5 Å². The summed E-state index contributed by atoms with van der Waals surface area (Å²) in [6.07, 6.45) is 5.84. The van der Waals surface area contributed by atoms with Gasteiger partial charge in [-0.3, -0.25) is 9.88 Å². The van der Waals surface area contributed by atoms with E-state index in [0.717, 1.165) is 74.8 Å². The predicted octanol–water partition coefficient (Wildman–Crippen LogP) is 3.00. The average molecular weight is 459 g/mol. The average Bonchev–Trinajstić information content (AvgIpc) is 3.27. The third-order valence-electron chi connectivity index (χ3n) is 6.69. The van der Waals surface area contributed by atoms with Crippen LogP contribution in [0, 0.1) is 0 Å². The third-order valence-corrected chi connectivity index (χ3v) is 6.69. The molecule has 0 aliphatic carbocycles. The Morgan fingerprint density at radius 3 is 2.65 bits per heavy atom. The number of rotatable bonds is 9. The maximum Gasteiger partial charge on any atom is 0.179 e. The molecule has 0 spiro atoms. The molecule has 178 valence electrons. The number of imidazole rings is 1. The molecule has 0 bridgehead atoms. The summed E-state index contributed by atoms with van der Waals surface area (Å²) in [5.74, 6) is 0.942. The quantitative estimate of drug-likeness (QED) is 0.373. The summed E-state index contributed by atoms with van der Waals surface area (Å²) in [5.41, 5.74) is 9.89. The SMILES string of the molecule is CN1CCN(c2ccnc3nc(CN(CCCCN)Cc4nccc5ccccc45)[nH]c23)CC1. The van der Waals surface area contributed by atoms with Crippen LogP contribution in [0.3, 0.4) is 0 Å². The standard InChI is InChI=1S/C26H34N8/c1-32-14-16-34(17-15-32)23-9-12-29-26-25(23)30-24(31-26)19-33(13-5-4-10-27)18-22-21-7-3-2-6-20(21)8-11-28-22/h2-3,6-9,11-12H,4-5,10,13-19,27H2,1H3,(H,29,30,31). The summed E-state index contributed by atoms with van der Waals surface area (Å²) >= 11 is 0. The molecule has 8 nitrogen and oxygen atoms in total. The molecule has 0 radical (unpaired) electrons. The van der Waals surface area contributed by atoms with E-state index in [1.54, 1.807) is 0 Å². The van der Waals surface area contributed by atoms with Crippen molar-refractivity contribution >= 4 is 27.6 Å². The van der Waals surface area contributed by atoms with Crippen molar-refractivity contribution in [3.63, 3.8) is 0 Å². The van der Waals surface area contributed by atoms with E-state index in [1.807, 2.05) is 12.4 Å². The van der Waals surface area contributed by atoms with Crippen LogP contribution >= 0.6 is 0 Å². The fourth-order valence-corrected chi connectivity index (χ4v) is 4.76. The minimum atomic E-state index is 0.712. The van der Waals surface area contributed by atoms with Gasteiger partial charge in [0.2, 0.25) is 0 Å². The minimum Gasteiger partial charge on any atom is -0.367 e. The highest BCUT2D eigenvalue weighted by Gasteiger charge is 2.19. The number of H-pyrrole nitrogens is 1. The molecule has 8 heteroatoms. The van der Waals surface area contributed by atoms with Crippen LogP contribution in [0.15, 0.2) is 48.8 Å². The molecule has 34 heavy (non-hydrogen) atoms. The van der Waals surface area contributed by atoms with E-state index in [2.05, 4.69) is 68.1 Å². The maximum absolute atomic E-state index is 5.78. The monoisotopic (exact) mass is 458 g/mol. The molecule has 3 N–H and O–H groups in total. The van der Waals surface area contributed by atoms with Crippen molar-refractivity contribution < 1.29 is 0 Å². The molecule has 1 aliphatic rings. The Morgan fingerprint density at radius 2 is 1.79 bits per heavy atom. The van der Waals surface area contributed by atoms with E-state index in [9.17, 15) is 0 Å². The van der Waals surface area contributed by atoms with Crippen molar-refractivity contribution in [3.8, 4) is 0 Å². The normalized spacial score (nSPS) is 15.1. The summed E-state index contributed by atoms with van der Waals surface area (Å²) in [6, 6.07) is 12.6. The van der Waals surface area contributed by atoms with Gasteiger partial charge in [0.15, 0.2) is 5.65 Å². The highest BCUT2D eigenvalue weighted by atomic mass is 15.3. The van der Waals surface area contributed by atoms with Gasteiger partial charge in [0.05, 0.1) is 17.9 Å². The largest absolute Gasteiger partial charge is 0.367 e. The number of unbranched alkanes of at least 4 members (excludes halogenated alkanes) is 1. The molecule has 0 saturated carbocycles.